The van der Waals surface area contributed by atoms with E-state index in [4.69, 9.17) is 9.47 Å². The van der Waals surface area contributed by atoms with Gasteiger partial charge in [-0.25, -0.2) is 0 Å². The van der Waals surface area contributed by atoms with E-state index in [2.05, 4.69) is 33.4 Å². The molecule has 1 saturated heterocycles. The van der Waals surface area contributed by atoms with Crippen LogP contribution in [0.3, 0.4) is 0 Å². The Balaban J connectivity index is 1.73. The first-order valence-corrected chi connectivity index (χ1v) is 6.61. The van der Waals surface area contributed by atoms with Crippen molar-refractivity contribution in [3.63, 3.8) is 0 Å². The summed E-state index contributed by atoms with van der Waals surface area (Å²) in [6, 6.07) is 8.29. The summed E-state index contributed by atoms with van der Waals surface area (Å²) < 4.78 is 12.3. The van der Waals surface area contributed by atoms with E-state index in [1.54, 1.807) is 0 Å². The summed E-state index contributed by atoms with van der Waals surface area (Å²) in [6.45, 7) is 6.22. The van der Waals surface area contributed by atoms with Crippen molar-refractivity contribution < 1.29 is 9.47 Å². The van der Waals surface area contributed by atoms with E-state index in [1.165, 1.54) is 5.56 Å². The zero-order valence-electron chi connectivity index (χ0n) is 10.2. The average Bonchev–Trinajstić information content (AvgIpc) is 2.58. The molecule has 0 radical (unpaired) electrons. The van der Waals surface area contributed by atoms with Gasteiger partial charge in [0.05, 0.1) is 12.7 Å². The molecule has 3 nitrogen and oxygen atoms in total. The van der Waals surface area contributed by atoms with Crippen LogP contribution in [-0.4, -0.2) is 25.0 Å². The van der Waals surface area contributed by atoms with Crippen LogP contribution in [0.15, 0.2) is 28.7 Å². The van der Waals surface area contributed by atoms with Crippen molar-refractivity contribution in [2.45, 2.75) is 32.3 Å². The molecule has 94 valence electrons. The predicted molar refractivity (Wildman–Crippen MR) is 70.8 cm³/mol. The zero-order chi connectivity index (χ0) is 12.3. The van der Waals surface area contributed by atoms with Gasteiger partial charge in [-0.05, 0) is 31.5 Å². The molecule has 0 amide bonds. The first-order valence-electron chi connectivity index (χ1n) is 5.82. The molecule has 1 unspecified atom stereocenters. The van der Waals surface area contributed by atoms with Crippen molar-refractivity contribution in [2.24, 2.45) is 0 Å². The number of nitrogens with one attached hydrogen (secondary N) is 1. The molecular weight excluding hydrogens is 282 g/mol. The summed E-state index contributed by atoms with van der Waals surface area (Å²) in [4.78, 5) is 0. The van der Waals surface area contributed by atoms with Crippen molar-refractivity contribution in [1.82, 2.24) is 5.32 Å². The Hall–Kier alpha value is -0.420. The Morgan fingerprint density at radius 1 is 1.47 bits per heavy atom. The standard InChI is InChI=1S/C13H18BrNO2/c1-13(2)16-9-12(17-13)8-15-7-10-4-3-5-11(14)6-10/h3-6,12,15H,7-9H2,1-2H3. The van der Waals surface area contributed by atoms with Gasteiger partial charge < -0.3 is 14.8 Å². The molecule has 0 aromatic heterocycles. The lowest BCUT2D eigenvalue weighted by Crippen LogP contribution is -2.30. The number of hydrogen-bond acceptors (Lipinski definition) is 3. The molecule has 1 aliphatic heterocycles. The van der Waals surface area contributed by atoms with Crippen LogP contribution in [0.1, 0.15) is 19.4 Å². The highest BCUT2D eigenvalue weighted by molar-refractivity contribution is 9.10. The molecule has 17 heavy (non-hydrogen) atoms. The van der Waals surface area contributed by atoms with Crippen molar-refractivity contribution in [1.29, 1.82) is 0 Å². The normalized spacial score (nSPS) is 22.9. The quantitative estimate of drug-likeness (QED) is 0.927. The molecule has 1 aromatic rings. The minimum atomic E-state index is -0.428. The molecule has 2 rings (SSSR count). The zero-order valence-corrected chi connectivity index (χ0v) is 11.8. The van der Waals surface area contributed by atoms with E-state index in [9.17, 15) is 0 Å². The molecule has 0 bridgehead atoms. The highest BCUT2D eigenvalue weighted by atomic mass is 79.9. The summed E-state index contributed by atoms with van der Waals surface area (Å²) >= 11 is 3.46. The van der Waals surface area contributed by atoms with E-state index >= 15 is 0 Å². The largest absolute Gasteiger partial charge is 0.348 e. The van der Waals surface area contributed by atoms with Crippen molar-refractivity contribution >= 4 is 15.9 Å². The van der Waals surface area contributed by atoms with Gasteiger partial charge in [0.1, 0.15) is 0 Å². The summed E-state index contributed by atoms with van der Waals surface area (Å²) in [5.41, 5.74) is 1.26. The third-order valence-corrected chi connectivity index (χ3v) is 3.15. The molecule has 1 atom stereocenters. The van der Waals surface area contributed by atoms with Crippen molar-refractivity contribution in [2.75, 3.05) is 13.2 Å². The van der Waals surface area contributed by atoms with Gasteiger partial charge in [0.2, 0.25) is 0 Å². The second-order valence-corrected chi connectivity index (χ2v) is 5.63. The minimum Gasteiger partial charge on any atom is -0.348 e. The van der Waals surface area contributed by atoms with E-state index in [0.29, 0.717) is 6.61 Å². The number of halogens is 1. The fraction of sp³-hybridized carbons (Fsp3) is 0.538. The third-order valence-electron chi connectivity index (χ3n) is 2.66. The minimum absolute atomic E-state index is 0.150. The average molecular weight is 300 g/mol. The monoisotopic (exact) mass is 299 g/mol. The van der Waals surface area contributed by atoms with E-state index in [1.807, 2.05) is 26.0 Å². The smallest absolute Gasteiger partial charge is 0.163 e. The van der Waals surface area contributed by atoms with Crippen LogP contribution in [-0.2, 0) is 16.0 Å². The van der Waals surface area contributed by atoms with Gasteiger partial charge in [0.15, 0.2) is 5.79 Å². The SMILES string of the molecule is CC1(C)OCC(CNCc2cccc(Br)c2)O1. The molecule has 1 aromatic carbocycles. The lowest BCUT2D eigenvalue weighted by Gasteiger charge is -2.17. The predicted octanol–water partition coefficient (Wildman–Crippen LogP) is 2.69. The number of rotatable bonds is 4. The van der Waals surface area contributed by atoms with E-state index < -0.39 is 5.79 Å². The van der Waals surface area contributed by atoms with E-state index in [0.717, 1.165) is 17.6 Å². The molecular formula is C13H18BrNO2. The number of hydrogen-bond donors (Lipinski definition) is 1. The summed E-state index contributed by atoms with van der Waals surface area (Å²) in [7, 11) is 0. The molecule has 1 heterocycles. The van der Waals surface area contributed by atoms with Crippen molar-refractivity contribution in [3.8, 4) is 0 Å². The van der Waals surface area contributed by atoms with Gasteiger partial charge in [-0.15, -0.1) is 0 Å². The maximum atomic E-state index is 5.72. The first-order chi connectivity index (χ1) is 8.05. The second kappa shape index (κ2) is 5.48. The van der Waals surface area contributed by atoms with Gasteiger partial charge in [0.25, 0.3) is 0 Å². The van der Waals surface area contributed by atoms with Crippen LogP contribution in [0.25, 0.3) is 0 Å². The summed E-state index contributed by atoms with van der Waals surface area (Å²) in [6.07, 6.45) is 0.150. The molecule has 0 aliphatic carbocycles. The highest BCUT2D eigenvalue weighted by Gasteiger charge is 2.32. The molecule has 1 aliphatic rings. The van der Waals surface area contributed by atoms with Gasteiger partial charge in [-0.1, -0.05) is 28.1 Å². The number of benzene rings is 1. The van der Waals surface area contributed by atoms with Gasteiger partial charge in [0, 0.05) is 17.6 Å². The Bertz CT molecular complexity index is 381. The second-order valence-electron chi connectivity index (χ2n) is 4.71. The Morgan fingerprint density at radius 3 is 2.94 bits per heavy atom. The van der Waals surface area contributed by atoms with Gasteiger partial charge >= 0.3 is 0 Å². The fourth-order valence-electron chi connectivity index (χ4n) is 1.89. The van der Waals surface area contributed by atoms with Crippen LogP contribution in [0.2, 0.25) is 0 Å². The van der Waals surface area contributed by atoms with Crippen LogP contribution >= 0.6 is 15.9 Å². The van der Waals surface area contributed by atoms with Gasteiger partial charge in [-0.3, -0.25) is 0 Å². The van der Waals surface area contributed by atoms with Crippen LogP contribution in [0.4, 0.5) is 0 Å². The lowest BCUT2D eigenvalue weighted by molar-refractivity contribution is -0.137. The third kappa shape index (κ3) is 4.07. The topological polar surface area (TPSA) is 30.5 Å². The Kier molecular flexibility index (Phi) is 4.20. The molecule has 0 saturated carbocycles. The molecule has 1 N–H and O–H groups in total. The Labute approximate surface area is 111 Å². The highest BCUT2D eigenvalue weighted by Crippen LogP contribution is 2.21. The fourth-order valence-corrected chi connectivity index (χ4v) is 2.33. The van der Waals surface area contributed by atoms with Gasteiger partial charge in [-0.2, -0.15) is 0 Å². The summed E-state index contributed by atoms with van der Waals surface area (Å²) in [5.74, 6) is -0.428. The van der Waals surface area contributed by atoms with Crippen LogP contribution in [0, 0.1) is 0 Å². The molecule has 1 fully saturated rings. The maximum absolute atomic E-state index is 5.72. The maximum Gasteiger partial charge on any atom is 0.163 e. The summed E-state index contributed by atoms with van der Waals surface area (Å²) in [5, 5.41) is 3.38. The molecule has 0 spiro atoms. The van der Waals surface area contributed by atoms with Crippen molar-refractivity contribution in [3.05, 3.63) is 34.3 Å². The first kappa shape index (κ1) is 13.0. The van der Waals surface area contributed by atoms with Crippen LogP contribution in [0.5, 0.6) is 0 Å². The Morgan fingerprint density at radius 2 is 2.29 bits per heavy atom. The van der Waals surface area contributed by atoms with Crippen LogP contribution < -0.4 is 5.32 Å². The number of ether oxygens (including phenoxy) is 2. The lowest BCUT2D eigenvalue weighted by atomic mass is 10.2. The van der Waals surface area contributed by atoms with E-state index in [-0.39, 0.29) is 6.10 Å². The molecule has 4 heteroatoms.